The lowest BCUT2D eigenvalue weighted by atomic mass is 10.2. The minimum Gasteiger partial charge on any atom is -0.493 e. The van der Waals surface area contributed by atoms with E-state index in [1.807, 2.05) is 0 Å². The van der Waals surface area contributed by atoms with Crippen molar-refractivity contribution in [3.8, 4) is 11.5 Å². The maximum atomic E-state index is 13.5. The number of nitrogen functional groups attached to an aromatic ring is 1. The van der Waals surface area contributed by atoms with Crippen molar-refractivity contribution >= 4 is 18.2 Å². The Bertz CT molecular complexity index is 635. The van der Waals surface area contributed by atoms with E-state index in [0.29, 0.717) is 22.6 Å². The summed E-state index contributed by atoms with van der Waals surface area (Å²) in [4.78, 5) is 0. The molecule has 0 atom stereocenters. The van der Waals surface area contributed by atoms with E-state index < -0.39 is 0 Å². The molecule has 6 heteroatoms. The fraction of sp³-hybridized carbons (Fsp3) is 0.133. The van der Waals surface area contributed by atoms with Gasteiger partial charge in [-0.05, 0) is 24.3 Å². The number of amidine groups is 1. The van der Waals surface area contributed by atoms with Crippen LogP contribution in [0.1, 0.15) is 11.1 Å². The summed E-state index contributed by atoms with van der Waals surface area (Å²) in [5.41, 5.74) is 6.41. The number of rotatable bonds is 5. The summed E-state index contributed by atoms with van der Waals surface area (Å²) in [6.07, 6.45) is 0. The van der Waals surface area contributed by atoms with Crippen LogP contribution in [0.5, 0.6) is 11.5 Å². The number of benzene rings is 2. The van der Waals surface area contributed by atoms with Gasteiger partial charge in [-0.15, -0.1) is 12.4 Å². The largest absolute Gasteiger partial charge is 0.493 e. The Labute approximate surface area is 128 Å². The Hall–Kier alpha value is -2.27. The second kappa shape index (κ2) is 7.50. The van der Waals surface area contributed by atoms with Gasteiger partial charge >= 0.3 is 0 Å². The molecule has 0 amide bonds. The number of halogens is 2. The summed E-state index contributed by atoms with van der Waals surface area (Å²) in [5, 5.41) is 7.37. The number of hydrogen-bond acceptors (Lipinski definition) is 3. The van der Waals surface area contributed by atoms with Gasteiger partial charge in [0.2, 0.25) is 0 Å². The van der Waals surface area contributed by atoms with Crippen molar-refractivity contribution in [2.24, 2.45) is 5.73 Å². The van der Waals surface area contributed by atoms with Crippen molar-refractivity contribution in [1.82, 2.24) is 0 Å². The summed E-state index contributed by atoms with van der Waals surface area (Å²) < 4.78 is 24.2. The van der Waals surface area contributed by atoms with Crippen LogP contribution in [-0.4, -0.2) is 12.9 Å². The third kappa shape index (κ3) is 4.10. The molecular weight excluding hydrogens is 295 g/mol. The molecule has 0 bridgehead atoms. The lowest BCUT2D eigenvalue weighted by molar-refractivity contribution is 0.279. The zero-order valence-electron chi connectivity index (χ0n) is 11.4. The highest BCUT2D eigenvalue weighted by Gasteiger charge is 2.09. The fourth-order valence-electron chi connectivity index (χ4n) is 1.73. The van der Waals surface area contributed by atoms with E-state index in [-0.39, 0.29) is 30.7 Å². The van der Waals surface area contributed by atoms with Gasteiger partial charge < -0.3 is 15.2 Å². The van der Waals surface area contributed by atoms with Gasteiger partial charge in [0, 0.05) is 11.1 Å². The van der Waals surface area contributed by atoms with Crippen LogP contribution in [0.3, 0.4) is 0 Å². The van der Waals surface area contributed by atoms with Crippen molar-refractivity contribution < 1.29 is 13.9 Å². The average molecular weight is 311 g/mol. The van der Waals surface area contributed by atoms with Crippen molar-refractivity contribution in [2.45, 2.75) is 6.61 Å². The van der Waals surface area contributed by atoms with Crippen LogP contribution in [0.4, 0.5) is 4.39 Å². The number of hydrogen-bond donors (Lipinski definition) is 2. The van der Waals surface area contributed by atoms with Crippen molar-refractivity contribution in [2.75, 3.05) is 7.11 Å². The number of nitrogens with one attached hydrogen (secondary N) is 1. The molecule has 0 saturated carbocycles. The number of methoxy groups -OCH3 is 1. The molecule has 0 radical (unpaired) electrons. The van der Waals surface area contributed by atoms with Crippen LogP contribution in [-0.2, 0) is 6.61 Å². The molecule has 0 unspecified atom stereocenters. The highest BCUT2D eigenvalue weighted by atomic mass is 35.5. The van der Waals surface area contributed by atoms with Crippen LogP contribution in [0.25, 0.3) is 0 Å². The summed E-state index contributed by atoms with van der Waals surface area (Å²) >= 11 is 0. The zero-order chi connectivity index (χ0) is 14.5. The van der Waals surface area contributed by atoms with Crippen molar-refractivity contribution in [3.05, 3.63) is 59.4 Å². The minimum atomic E-state index is -0.313. The molecule has 0 saturated heterocycles. The molecule has 0 spiro atoms. The van der Waals surface area contributed by atoms with Crippen LogP contribution < -0.4 is 15.2 Å². The Morgan fingerprint density at radius 2 is 1.90 bits per heavy atom. The summed E-state index contributed by atoms with van der Waals surface area (Å²) in [6.45, 7) is 0.0997. The maximum Gasteiger partial charge on any atom is 0.161 e. The lowest BCUT2D eigenvalue weighted by Crippen LogP contribution is -2.11. The molecule has 0 aromatic heterocycles. The number of ether oxygens (including phenoxy) is 2. The Morgan fingerprint density at radius 1 is 1.19 bits per heavy atom. The third-order valence-electron chi connectivity index (χ3n) is 2.82. The normalized spacial score (nSPS) is 9.62. The maximum absolute atomic E-state index is 13.5. The second-order valence-electron chi connectivity index (χ2n) is 4.16. The van der Waals surface area contributed by atoms with Gasteiger partial charge in [0.15, 0.2) is 11.5 Å². The van der Waals surface area contributed by atoms with Gasteiger partial charge in [0.05, 0.1) is 7.11 Å². The van der Waals surface area contributed by atoms with Crippen LogP contribution in [0.2, 0.25) is 0 Å². The van der Waals surface area contributed by atoms with Gasteiger partial charge in [0.1, 0.15) is 18.3 Å². The van der Waals surface area contributed by atoms with Crippen LogP contribution >= 0.6 is 12.4 Å². The quantitative estimate of drug-likeness (QED) is 0.658. The molecule has 112 valence electrons. The van der Waals surface area contributed by atoms with Gasteiger partial charge in [0.25, 0.3) is 0 Å². The van der Waals surface area contributed by atoms with E-state index in [1.165, 1.54) is 13.2 Å². The predicted octanol–water partition coefficient (Wildman–Crippen LogP) is 3.12. The Morgan fingerprint density at radius 3 is 2.52 bits per heavy atom. The first-order chi connectivity index (χ1) is 9.61. The van der Waals surface area contributed by atoms with E-state index in [9.17, 15) is 4.39 Å². The van der Waals surface area contributed by atoms with Crippen LogP contribution in [0, 0.1) is 11.2 Å². The predicted molar refractivity (Wildman–Crippen MR) is 82.0 cm³/mol. The molecule has 2 rings (SSSR count). The molecule has 21 heavy (non-hydrogen) atoms. The van der Waals surface area contributed by atoms with Gasteiger partial charge in [-0.2, -0.15) is 0 Å². The minimum absolute atomic E-state index is 0. The molecule has 4 nitrogen and oxygen atoms in total. The fourth-order valence-corrected chi connectivity index (χ4v) is 1.73. The summed E-state index contributed by atoms with van der Waals surface area (Å²) in [7, 11) is 1.50. The lowest BCUT2D eigenvalue weighted by Gasteiger charge is -2.12. The topological polar surface area (TPSA) is 68.3 Å². The molecule has 0 heterocycles. The van der Waals surface area contributed by atoms with E-state index in [1.54, 1.807) is 36.4 Å². The van der Waals surface area contributed by atoms with E-state index in [2.05, 4.69) is 0 Å². The number of nitrogens with two attached hydrogens (primary N) is 1. The van der Waals surface area contributed by atoms with E-state index >= 15 is 0 Å². The van der Waals surface area contributed by atoms with Gasteiger partial charge in [-0.25, -0.2) is 4.39 Å². The summed E-state index contributed by atoms with van der Waals surface area (Å²) in [6, 6.07) is 11.3. The molecule has 2 aromatic carbocycles. The van der Waals surface area contributed by atoms with E-state index in [0.717, 1.165) is 0 Å². The standard InChI is InChI=1S/C15H15FN2O2.ClH/c1-19-14-8-10(15(17)18)6-7-13(14)20-9-11-4-2-3-5-12(11)16;/h2-8H,9H2,1H3,(H3,17,18);1H. The molecule has 0 aliphatic carbocycles. The first-order valence-corrected chi connectivity index (χ1v) is 6.00. The monoisotopic (exact) mass is 310 g/mol. The van der Waals surface area contributed by atoms with Crippen LogP contribution in [0.15, 0.2) is 42.5 Å². The summed E-state index contributed by atoms with van der Waals surface area (Å²) in [5.74, 6) is 0.561. The molecule has 3 N–H and O–H groups in total. The smallest absolute Gasteiger partial charge is 0.161 e. The van der Waals surface area contributed by atoms with E-state index in [4.69, 9.17) is 20.6 Å². The average Bonchev–Trinajstić information content (AvgIpc) is 2.46. The van der Waals surface area contributed by atoms with Gasteiger partial charge in [-0.1, -0.05) is 18.2 Å². The Kier molecular flexibility index (Phi) is 5.99. The van der Waals surface area contributed by atoms with Crippen molar-refractivity contribution in [3.63, 3.8) is 0 Å². The molecular formula is C15H16ClFN2O2. The molecule has 0 aliphatic heterocycles. The second-order valence-corrected chi connectivity index (χ2v) is 4.16. The SMILES string of the molecule is COc1cc(C(=N)N)ccc1OCc1ccccc1F.Cl. The van der Waals surface area contributed by atoms with Crippen molar-refractivity contribution in [1.29, 1.82) is 5.41 Å². The molecule has 0 fully saturated rings. The van der Waals surface area contributed by atoms with Gasteiger partial charge in [-0.3, -0.25) is 5.41 Å². The first kappa shape index (κ1) is 16.8. The highest BCUT2D eigenvalue weighted by Crippen LogP contribution is 2.28. The molecule has 2 aromatic rings. The molecule has 0 aliphatic rings. The highest BCUT2D eigenvalue weighted by molar-refractivity contribution is 5.95. The zero-order valence-corrected chi connectivity index (χ0v) is 12.2. The Balaban J connectivity index is 0.00000220. The first-order valence-electron chi connectivity index (χ1n) is 6.00. The third-order valence-corrected chi connectivity index (χ3v) is 2.82.